The molecule has 0 radical (unpaired) electrons. The molecule has 5 fully saturated rings. The molecule has 10 rings (SSSR count). The third-order valence-corrected chi connectivity index (χ3v) is 13.1. The van der Waals surface area contributed by atoms with E-state index in [0.717, 1.165) is 24.2 Å². The van der Waals surface area contributed by atoms with Gasteiger partial charge >= 0.3 is 12.0 Å². The molecule has 1 aromatic carbocycles. The molecule has 22 heteroatoms. The molecule has 5 aromatic rings. The van der Waals surface area contributed by atoms with Crippen LogP contribution >= 0.6 is 0 Å². The van der Waals surface area contributed by atoms with E-state index in [2.05, 4.69) is 41.1 Å². The molecule has 2 bridgehead atoms. The topological polar surface area (TPSA) is 197 Å². The summed E-state index contributed by atoms with van der Waals surface area (Å²) < 4.78 is 73.9. The maximum Gasteiger partial charge on any atom is 0.384 e. The Kier molecular flexibility index (Phi) is 10.6. The Morgan fingerprint density at radius 1 is 0.984 bits per heavy atom. The van der Waals surface area contributed by atoms with E-state index in [9.17, 15) is 28.0 Å². The minimum Gasteiger partial charge on any atom is -0.374 e. The highest BCUT2D eigenvalue weighted by Crippen LogP contribution is 2.38. The molecule has 1 saturated carbocycles. The van der Waals surface area contributed by atoms with Crippen LogP contribution in [0.5, 0.6) is 0 Å². The minimum absolute atomic E-state index is 0.0193. The van der Waals surface area contributed by atoms with Crippen molar-refractivity contribution in [3.63, 3.8) is 0 Å². The highest BCUT2D eigenvalue weighted by Gasteiger charge is 2.47. The first kappa shape index (κ1) is 41.0. The van der Waals surface area contributed by atoms with Crippen molar-refractivity contribution in [3.8, 4) is 0 Å². The van der Waals surface area contributed by atoms with Gasteiger partial charge in [-0.25, -0.2) is 23.2 Å². The van der Waals surface area contributed by atoms with Crippen LogP contribution in [0.2, 0.25) is 0 Å². The second-order valence-electron chi connectivity index (χ2n) is 17.0. The summed E-state index contributed by atoms with van der Waals surface area (Å²) >= 11 is 0. The Bertz CT molecular complexity index is 2580. The van der Waals surface area contributed by atoms with Crippen molar-refractivity contribution < 1.29 is 46.0 Å². The highest BCUT2D eigenvalue weighted by atomic mass is 19.3. The Morgan fingerprint density at radius 2 is 1.79 bits per heavy atom. The molecule has 18 nitrogen and oxygen atoms in total. The zero-order valence-electron chi connectivity index (χ0n) is 33.9. The van der Waals surface area contributed by atoms with Crippen molar-refractivity contribution in [3.05, 3.63) is 59.8 Å². The summed E-state index contributed by atoms with van der Waals surface area (Å²) in [5, 5.41) is 20.0. The van der Waals surface area contributed by atoms with Crippen molar-refractivity contribution in [1.82, 2.24) is 44.7 Å². The van der Waals surface area contributed by atoms with E-state index in [1.807, 2.05) is 6.07 Å². The lowest BCUT2D eigenvalue weighted by atomic mass is 9.85. The normalized spacial score (nSPS) is 24.8. The van der Waals surface area contributed by atoms with Gasteiger partial charge in [0.15, 0.2) is 16.9 Å². The van der Waals surface area contributed by atoms with Crippen LogP contribution < -0.4 is 20.9 Å². The first-order valence-corrected chi connectivity index (χ1v) is 21.2. The van der Waals surface area contributed by atoms with Gasteiger partial charge in [0.25, 0.3) is 12.3 Å². The maximum atomic E-state index is 15.6. The lowest BCUT2D eigenvalue weighted by Crippen LogP contribution is -2.58. The largest absolute Gasteiger partial charge is 0.384 e. The van der Waals surface area contributed by atoms with Crippen LogP contribution in [0.25, 0.3) is 16.6 Å². The number of para-hydroxylation sites is 1. The van der Waals surface area contributed by atoms with Crippen LogP contribution in [0.15, 0.2) is 47.4 Å². The number of fused-ring (bicyclic) bond motifs is 4. The van der Waals surface area contributed by atoms with Crippen LogP contribution in [0.3, 0.4) is 0 Å². The summed E-state index contributed by atoms with van der Waals surface area (Å²) in [5.41, 5.74) is 0.118. The molecule has 4 aromatic heterocycles. The maximum absolute atomic E-state index is 15.6. The number of alkyl halides is 4. The summed E-state index contributed by atoms with van der Waals surface area (Å²) in [6, 6.07) is 2.58. The molecule has 3 atom stereocenters. The van der Waals surface area contributed by atoms with Crippen LogP contribution in [0.1, 0.15) is 85.1 Å². The van der Waals surface area contributed by atoms with Gasteiger partial charge in [0.05, 0.1) is 48.3 Å². The number of morpholine rings is 1. The predicted octanol–water partition coefficient (Wildman–Crippen LogP) is 4.34. The second-order valence-corrected chi connectivity index (χ2v) is 17.0. The number of carbonyl (C=O) groups is 4. The number of benzene rings is 1. The van der Waals surface area contributed by atoms with Gasteiger partial charge in [-0.3, -0.25) is 29.2 Å². The molecule has 4 aliphatic heterocycles. The molecule has 332 valence electrons. The average Bonchev–Trinajstić information content (AvgIpc) is 4.13. The van der Waals surface area contributed by atoms with E-state index in [-0.39, 0.29) is 78.3 Å². The van der Waals surface area contributed by atoms with Gasteiger partial charge in [0.1, 0.15) is 17.1 Å². The van der Waals surface area contributed by atoms with Crippen molar-refractivity contribution in [1.29, 1.82) is 0 Å². The summed E-state index contributed by atoms with van der Waals surface area (Å²) in [4.78, 5) is 60.4. The fourth-order valence-corrected chi connectivity index (χ4v) is 9.69. The van der Waals surface area contributed by atoms with E-state index in [0.29, 0.717) is 62.5 Å². The Labute approximate surface area is 356 Å². The van der Waals surface area contributed by atoms with Crippen molar-refractivity contribution in [2.45, 2.75) is 81.5 Å². The van der Waals surface area contributed by atoms with Gasteiger partial charge in [-0.05, 0) is 62.6 Å². The van der Waals surface area contributed by atoms with Gasteiger partial charge < -0.3 is 29.7 Å². The molecule has 4 amide bonds. The summed E-state index contributed by atoms with van der Waals surface area (Å²) in [6.07, 6.45) is 5.83. The molecular formula is C41H44F4N12O6. The van der Waals surface area contributed by atoms with E-state index < -0.39 is 47.7 Å². The van der Waals surface area contributed by atoms with Gasteiger partial charge in [-0.1, -0.05) is 11.2 Å². The molecular weight excluding hydrogens is 833 g/mol. The van der Waals surface area contributed by atoms with Gasteiger partial charge in [-0.15, -0.1) is 0 Å². The standard InChI is InChI=1S/C41H44F4N12O6/c42-36(43)34-30(47-39(60)28-17-46-56-11-10-31(49-37(28)56)55-19-25-16-24(55)21-62-25)20-57(51-34)23-6-4-22(5-7-23)18-53-12-14-54(15-13-53)41(44,45)40(61)48-29-3-1-2-26-33(52-63-35(26)29)27-8-9-32(58)50-38(27)59/h1-3,10-11,17,20,22-25,27,36H,4-9,12-16,18-19,21H2,(H,47,60)(H,48,61)(H,50,58,59)/t22?,23?,24-,25-,27?/m1/s1. The molecule has 4 saturated heterocycles. The summed E-state index contributed by atoms with van der Waals surface area (Å²) in [6.45, 7) is 2.49. The van der Waals surface area contributed by atoms with E-state index in [1.54, 1.807) is 12.3 Å². The fourth-order valence-electron chi connectivity index (χ4n) is 9.69. The fraction of sp³-hybridized carbons (Fsp3) is 0.512. The number of hydrogen-bond acceptors (Lipinski definition) is 13. The quantitative estimate of drug-likeness (QED) is 0.0965. The van der Waals surface area contributed by atoms with Crippen LogP contribution in [0.4, 0.5) is 34.8 Å². The third kappa shape index (κ3) is 7.77. The van der Waals surface area contributed by atoms with Crippen molar-refractivity contribution >= 4 is 57.4 Å². The lowest BCUT2D eigenvalue weighted by molar-refractivity contribution is -0.178. The third-order valence-electron chi connectivity index (χ3n) is 13.1. The smallest absolute Gasteiger partial charge is 0.374 e. The van der Waals surface area contributed by atoms with Gasteiger partial charge in [-0.2, -0.15) is 19.0 Å². The molecule has 5 aliphatic rings. The zero-order valence-corrected chi connectivity index (χ0v) is 33.9. The Hall–Kier alpha value is -6.00. The average molecular weight is 877 g/mol. The highest BCUT2D eigenvalue weighted by molar-refractivity contribution is 6.08. The molecule has 1 aliphatic carbocycles. The van der Waals surface area contributed by atoms with Gasteiger partial charge in [0.2, 0.25) is 11.8 Å². The first-order chi connectivity index (χ1) is 30.4. The Morgan fingerprint density at radius 3 is 2.52 bits per heavy atom. The summed E-state index contributed by atoms with van der Waals surface area (Å²) in [5.74, 6) is -2.90. The van der Waals surface area contributed by atoms with Crippen molar-refractivity contribution in [2.24, 2.45) is 5.92 Å². The number of rotatable bonds is 11. The second kappa shape index (κ2) is 16.3. The van der Waals surface area contributed by atoms with E-state index in [1.165, 1.54) is 33.7 Å². The lowest BCUT2D eigenvalue weighted by Gasteiger charge is -2.40. The minimum atomic E-state index is -3.84. The Balaban J connectivity index is 0.719. The number of piperazine rings is 1. The molecule has 3 N–H and O–H groups in total. The molecule has 1 unspecified atom stereocenters. The molecule has 8 heterocycles. The predicted molar refractivity (Wildman–Crippen MR) is 215 cm³/mol. The monoisotopic (exact) mass is 876 g/mol. The SMILES string of the molecule is O=C1CCC(c2noc3c(NC(=O)C(F)(F)N4CCN(CC5CCC(n6cc(NC(=O)c7cnn8ccc(N9C[C@H]%10C[C@@H]9CO%10)nc78)c(C(F)F)n6)CC5)CC4)cccc23)C(=O)N1. The van der Waals surface area contributed by atoms with E-state index in [4.69, 9.17) is 14.2 Å². The first-order valence-electron chi connectivity index (χ1n) is 21.2. The number of aromatic nitrogens is 6. The number of hydrogen-bond donors (Lipinski definition) is 3. The number of anilines is 3. The molecule has 63 heavy (non-hydrogen) atoms. The number of nitrogens with one attached hydrogen (secondary N) is 3. The zero-order chi connectivity index (χ0) is 43.6. The van der Waals surface area contributed by atoms with Crippen LogP contribution in [-0.2, 0) is 19.1 Å². The number of halogens is 4. The van der Waals surface area contributed by atoms with Crippen LogP contribution in [-0.4, -0.2) is 127 Å². The number of amides is 4. The summed E-state index contributed by atoms with van der Waals surface area (Å²) in [7, 11) is 0. The number of carbonyl (C=O) groups excluding carboxylic acids is 4. The van der Waals surface area contributed by atoms with Crippen molar-refractivity contribution in [2.75, 3.05) is 61.4 Å². The number of piperidine rings is 1. The number of ether oxygens (including phenoxy) is 1. The number of nitrogens with zero attached hydrogens (tertiary/aromatic N) is 9. The molecule has 0 spiro atoms. The van der Waals surface area contributed by atoms with E-state index >= 15 is 8.78 Å². The number of imide groups is 1. The van der Waals surface area contributed by atoms with Gasteiger partial charge in [0, 0.05) is 63.5 Å². The van der Waals surface area contributed by atoms with Crippen LogP contribution in [0, 0.1) is 5.92 Å².